The van der Waals surface area contributed by atoms with E-state index >= 15 is 0 Å². The Hall–Kier alpha value is -2.08. The maximum absolute atomic E-state index is 11.9. The molecule has 1 aromatic heterocycles. The second kappa shape index (κ2) is 7.46. The standard InChI is InChI=1S/C17H20N4OS/c1-2-23-16-11-18-10-15(21-16)19-9-12-3-5-13(6-4-12)17(22)20-14-7-8-14/h3-6,10-11,14H,2,7-9H2,1H3,(H,19,21)(H,20,22). The molecule has 1 fully saturated rings. The van der Waals surface area contributed by atoms with Gasteiger partial charge < -0.3 is 10.6 Å². The van der Waals surface area contributed by atoms with E-state index in [1.54, 1.807) is 24.2 Å². The maximum atomic E-state index is 11.9. The molecule has 1 saturated carbocycles. The summed E-state index contributed by atoms with van der Waals surface area (Å²) in [5.74, 6) is 1.75. The third-order valence-electron chi connectivity index (χ3n) is 3.51. The fourth-order valence-corrected chi connectivity index (χ4v) is 2.71. The van der Waals surface area contributed by atoms with Crippen molar-refractivity contribution in [3.63, 3.8) is 0 Å². The lowest BCUT2D eigenvalue weighted by Gasteiger charge is -2.08. The predicted molar refractivity (Wildman–Crippen MR) is 92.7 cm³/mol. The van der Waals surface area contributed by atoms with Crippen LogP contribution in [0.2, 0.25) is 0 Å². The number of rotatable bonds is 7. The molecule has 0 radical (unpaired) electrons. The average molecular weight is 328 g/mol. The van der Waals surface area contributed by atoms with Crippen LogP contribution in [0.1, 0.15) is 35.7 Å². The van der Waals surface area contributed by atoms with Crippen molar-refractivity contribution in [2.45, 2.75) is 37.4 Å². The first kappa shape index (κ1) is 15.8. The number of anilines is 1. The second-order valence-electron chi connectivity index (χ2n) is 5.47. The summed E-state index contributed by atoms with van der Waals surface area (Å²) in [6.45, 7) is 2.74. The molecule has 0 atom stereocenters. The van der Waals surface area contributed by atoms with Crippen LogP contribution in [0.3, 0.4) is 0 Å². The molecule has 0 spiro atoms. The Balaban J connectivity index is 1.55. The molecular formula is C17H20N4OS. The van der Waals surface area contributed by atoms with Crippen molar-refractivity contribution in [3.05, 3.63) is 47.8 Å². The van der Waals surface area contributed by atoms with Gasteiger partial charge >= 0.3 is 0 Å². The zero-order valence-electron chi connectivity index (χ0n) is 13.1. The van der Waals surface area contributed by atoms with Gasteiger partial charge in [-0.3, -0.25) is 9.78 Å². The van der Waals surface area contributed by atoms with Crippen LogP contribution in [-0.4, -0.2) is 27.7 Å². The largest absolute Gasteiger partial charge is 0.365 e. The smallest absolute Gasteiger partial charge is 0.251 e. The van der Waals surface area contributed by atoms with Crippen LogP contribution in [0.25, 0.3) is 0 Å². The first-order valence-electron chi connectivity index (χ1n) is 7.83. The third-order valence-corrected chi connectivity index (χ3v) is 4.29. The van der Waals surface area contributed by atoms with Crippen LogP contribution in [-0.2, 0) is 6.54 Å². The molecule has 23 heavy (non-hydrogen) atoms. The molecular weight excluding hydrogens is 308 g/mol. The highest BCUT2D eigenvalue weighted by molar-refractivity contribution is 7.99. The molecule has 1 aliphatic carbocycles. The molecule has 6 heteroatoms. The minimum Gasteiger partial charge on any atom is -0.365 e. The van der Waals surface area contributed by atoms with E-state index in [-0.39, 0.29) is 5.91 Å². The molecule has 0 unspecified atom stereocenters. The molecule has 0 saturated heterocycles. The first-order valence-corrected chi connectivity index (χ1v) is 8.81. The summed E-state index contributed by atoms with van der Waals surface area (Å²) in [6.07, 6.45) is 5.69. The molecule has 0 aliphatic heterocycles. The molecule has 2 N–H and O–H groups in total. The molecule has 1 aliphatic rings. The minimum absolute atomic E-state index is 0.0159. The van der Waals surface area contributed by atoms with Gasteiger partial charge in [-0.25, -0.2) is 4.98 Å². The van der Waals surface area contributed by atoms with E-state index in [1.807, 2.05) is 24.3 Å². The van der Waals surface area contributed by atoms with Crippen molar-refractivity contribution in [2.75, 3.05) is 11.1 Å². The number of nitrogens with zero attached hydrogens (tertiary/aromatic N) is 2. The molecule has 0 bridgehead atoms. The van der Waals surface area contributed by atoms with E-state index in [2.05, 4.69) is 27.5 Å². The predicted octanol–water partition coefficient (Wildman–Crippen LogP) is 3.09. The number of thioether (sulfide) groups is 1. The number of carbonyl (C=O) groups excluding carboxylic acids is 1. The van der Waals surface area contributed by atoms with E-state index in [0.717, 1.165) is 35.0 Å². The molecule has 1 amide bonds. The fourth-order valence-electron chi connectivity index (χ4n) is 2.11. The van der Waals surface area contributed by atoms with Gasteiger partial charge in [0.15, 0.2) is 0 Å². The topological polar surface area (TPSA) is 66.9 Å². The number of hydrogen-bond acceptors (Lipinski definition) is 5. The number of hydrogen-bond donors (Lipinski definition) is 2. The summed E-state index contributed by atoms with van der Waals surface area (Å²) in [5, 5.41) is 7.17. The van der Waals surface area contributed by atoms with Crippen LogP contribution >= 0.6 is 11.8 Å². The van der Waals surface area contributed by atoms with Gasteiger partial charge in [0.25, 0.3) is 5.91 Å². The normalized spacial score (nSPS) is 13.6. The maximum Gasteiger partial charge on any atom is 0.251 e. The number of aromatic nitrogens is 2. The molecule has 2 aromatic rings. The highest BCUT2D eigenvalue weighted by atomic mass is 32.2. The van der Waals surface area contributed by atoms with Crippen LogP contribution in [0, 0.1) is 0 Å². The zero-order chi connectivity index (χ0) is 16.1. The van der Waals surface area contributed by atoms with Gasteiger partial charge in [0, 0.05) is 18.2 Å². The van der Waals surface area contributed by atoms with Gasteiger partial charge in [-0.15, -0.1) is 11.8 Å². The lowest BCUT2D eigenvalue weighted by molar-refractivity contribution is 0.0951. The van der Waals surface area contributed by atoms with E-state index < -0.39 is 0 Å². The van der Waals surface area contributed by atoms with Gasteiger partial charge in [0.1, 0.15) is 10.8 Å². The van der Waals surface area contributed by atoms with Crippen molar-refractivity contribution in [1.82, 2.24) is 15.3 Å². The van der Waals surface area contributed by atoms with Crippen molar-refractivity contribution in [2.24, 2.45) is 0 Å². The van der Waals surface area contributed by atoms with Gasteiger partial charge in [0.05, 0.1) is 12.4 Å². The Morgan fingerprint density at radius 3 is 2.74 bits per heavy atom. The molecule has 1 aromatic carbocycles. The van der Waals surface area contributed by atoms with E-state index in [9.17, 15) is 4.79 Å². The summed E-state index contributed by atoms with van der Waals surface area (Å²) in [5.41, 5.74) is 1.81. The molecule has 1 heterocycles. The van der Waals surface area contributed by atoms with Crippen molar-refractivity contribution >= 4 is 23.5 Å². The summed E-state index contributed by atoms with van der Waals surface area (Å²) < 4.78 is 0. The van der Waals surface area contributed by atoms with Crippen LogP contribution in [0.5, 0.6) is 0 Å². The van der Waals surface area contributed by atoms with Crippen molar-refractivity contribution in [3.8, 4) is 0 Å². The van der Waals surface area contributed by atoms with Crippen LogP contribution in [0.4, 0.5) is 5.82 Å². The Bertz CT molecular complexity index is 671. The number of carbonyl (C=O) groups is 1. The van der Waals surface area contributed by atoms with E-state index in [0.29, 0.717) is 18.2 Å². The summed E-state index contributed by atoms with van der Waals surface area (Å²) >= 11 is 1.67. The van der Waals surface area contributed by atoms with Crippen molar-refractivity contribution in [1.29, 1.82) is 0 Å². The van der Waals surface area contributed by atoms with Gasteiger partial charge in [-0.2, -0.15) is 0 Å². The minimum atomic E-state index is 0.0159. The highest BCUT2D eigenvalue weighted by Gasteiger charge is 2.23. The number of nitrogens with one attached hydrogen (secondary N) is 2. The zero-order valence-corrected chi connectivity index (χ0v) is 13.9. The summed E-state index contributed by atoms with van der Waals surface area (Å²) in [6, 6.07) is 8.04. The molecule has 5 nitrogen and oxygen atoms in total. The quantitative estimate of drug-likeness (QED) is 0.765. The fraction of sp³-hybridized carbons (Fsp3) is 0.353. The van der Waals surface area contributed by atoms with Gasteiger partial charge in [-0.1, -0.05) is 19.1 Å². The lowest BCUT2D eigenvalue weighted by atomic mass is 10.1. The highest BCUT2D eigenvalue weighted by Crippen LogP contribution is 2.19. The van der Waals surface area contributed by atoms with Gasteiger partial charge in [0.2, 0.25) is 0 Å². The van der Waals surface area contributed by atoms with E-state index in [1.165, 1.54) is 0 Å². The average Bonchev–Trinajstić information content (AvgIpc) is 3.38. The lowest BCUT2D eigenvalue weighted by Crippen LogP contribution is -2.25. The molecule has 120 valence electrons. The first-order chi connectivity index (χ1) is 11.2. The Morgan fingerprint density at radius 1 is 1.26 bits per heavy atom. The summed E-state index contributed by atoms with van der Waals surface area (Å²) in [4.78, 5) is 20.6. The van der Waals surface area contributed by atoms with Gasteiger partial charge in [-0.05, 0) is 36.3 Å². The Morgan fingerprint density at radius 2 is 2.04 bits per heavy atom. The third kappa shape index (κ3) is 4.69. The summed E-state index contributed by atoms with van der Waals surface area (Å²) in [7, 11) is 0. The van der Waals surface area contributed by atoms with Crippen molar-refractivity contribution < 1.29 is 4.79 Å². The second-order valence-corrected chi connectivity index (χ2v) is 6.76. The van der Waals surface area contributed by atoms with Crippen LogP contribution < -0.4 is 10.6 Å². The number of benzene rings is 1. The Kier molecular flexibility index (Phi) is 5.12. The monoisotopic (exact) mass is 328 g/mol. The van der Waals surface area contributed by atoms with Crippen LogP contribution in [0.15, 0.2) is 41.7 Å². The number of amides is 1. The van der Waals surface area contributed by atoms with E-state index in [4.69, 9.17) is 0 Å². The Labute approximate surface area is 140 Å². The molecule has 3 rings (SSSR count). The SMILES string of the molecule is CCSc1cncc(NCc2ccc(C(=O)NC3CC3)cc2)n1.